The van der Waals surface area contributed by atoms with Crippen molar-refractivity contribution in [1.29, 1.82) is 0 Å². The van der Waals surface area contributed by atoms with Crippen molar-refractivity contribution in [2.45, 2.75) is 20.0 Å². The molecule has 28 heavy (non-hydrogen) atoms. The fraction of sp³-hybridized carbons (Fsp3) is 0.333. The number of carbonyl (C=O) groups is 1. The van der Waals surface area contributed by atoms with E-state index >= 15 is 0 Å². The number of rotatable bonds is 3. The second-order valence-corrected chi connectivity index (χ2v) is 7.43. The van der Waals surface area contributed by atoms with Gasteiger partial charge in [0.1, 0.15) is 0 Å². The summed E-state index contributed by atoms with van der Waals surface area (Å²) in [5, 5.41) is 11.6. The molecule has 0 saturated carbocycles. The van der Waals surface area contributed by atoms with Crippen LogP contribution in [0.4, 0.5) is 11.6 Å². The third-order valence-corrected chi connectivity index (χ3v) is 5.12. The molecular formula is C18H17ClN5O4-. The van der Waals surface area contributed by atoms with Crippen LogP contribution in [0.1, 0.15) is 6.92 Å². The molecule has 3 heterocycles. The first kappa shape index (κ1) is 18.3. The highest BCUT2D eigenvalue weighted by Gasteiger charge is 2.29. The van der Waals surface area contributed by atoms with Gasteiger partial charge in [-0.2, -0.15) is 4.98 Å². The van der Waals surface area contributed by atoms with Crippen molar-refractivity contribution >= 4 is 40.4 Å². The molecule has 1 aliphatic heterocycles. The predicted molar refractivity (Wildman–Crippen MR) is 102 cm³/mol. The first-order valence-corrected chi connectivity index (χ1v) is 9.08. The highest BCUT2D eigenvalue weighted by molar-refractivity contribution is 6.30. The maximum Gasteiger partial charge on any atom is 0.332 e. The molecule has 10 heteroatoms. The van der Waals surface area contributed by atoms with Crippen LogP contribution < -0.4 is 21.3 Å². The number of aromatic nitrogens is 4. The van der Waals surface area contributed by atoms with Crippen LogP contribution in [-0.4, -0.2) is 31.2 Å². The molecule has 0 saturated heterocycles. The lowest BCUT2D eigenvalue weighted by Crippen LogP contribution is -2.44. The quantitative estimate of drug-likeness (QED) is 0.614. The van der Waals surface area contributed by atoms with E-state index in [0.29, 0.717) is 28.6 Å². The summed E-state index contributed by atoms with van der Waals surface area (Å²) in [7, 11) is 1.46. The van der Waals surface area contributed by atoms with Crippen LogP contribution in [0.25, 0.3) is 11.2 Å². The van der Waals surface area contributed by atoms with E-state index in [-0.39, 0.29) is 17.1 Å². The van der Waals surface area contributed by atoms with Crippen molar-refractivity contribution in [3.63, 3.8) is 0 Å². The average Bonchev–Trinajstić information content (AvgIpc) is 3.03. The largest absolute Gasteiger partial charge is 0.548 e. The van der Waals surface area contributed by atoms with Crippen LogP contribution in [0.2, 0.25) is 5.02 Å². The Kier molecular flexibility index (Phi) is 4.26. The predicted octanol–water partition coefficient (Wildman–Crippen LogP) is 0.0878. The second kappa shape index (κ2) is 6.52. The minimum absolute atomic E-state index is 0.187. The smallest absolute Gasteiger partial charge is 0.332 e. The van der Waals surface area contributed by atoms with Gasteiger partial charge in [0.15, 0.2) is 11.2 Å². The molecule has 3 aromatic rings. The number of halogens is 1. The Bertz CT molecular complexity index is 1210. The Morgan fingerprint density at radius 2 is 1.93 bits per heavy atom. The van der Waals surface area contributed by atoms with E-state index in [1.807, 2.05) is 24.0 Å². The summed E-state index contributed by atoms with van der Waals surface area (Å²) in [6, 6.07) is 7.26. The molecule has 146 valence electrons. The number of imidazole rings is 1. The molecular weight excluding hydrogens is 386 g/mol. The summed E-state index contributed by atoms with van der Waals surface area (Å²) in [5.41, 5.74) is -0.168. The lowest BCUT2D eigenvalue weighted by Gasteiger charge is -2.33. The number of hydrogen-bond acceptors (Lipinski definition) is 6. The molecule has 0 bridgehead atoms. The number of fused-ring (bicyclic) bond motifs is 3. The highest BCUT2D eigenvalue weighted by atomic mass is 35.5. The fourth-order valence-electron chi connectivity index (χ4n) is 3.61. The van der Waals surface area contributed by atoms with Crippen molar-refractivity contribution in [3.8, 4) is 0 Å². The first-order chi connectivity index (χ1) is 13.3. The Morgan fingerprint density at radius 1 is 1.25 bits per heavy atom. The molecule has 0 amide bonds. The van der Waals surface area contributed by atoms with Gasteiger partial charge in [-0.15, -0.1) is 0 Å². The Hall–Kier alpha value is -3.07. The number of carbonyl (C=O) groups excluding carboxylic acids is 1. The summed E-state index contributed by atoms with van der Waals surface area (Å²) in [6.07, 6.45) is 0. The SMILES string of the molecule is CC1CN(c2ccc(Cl)cc2)c2nc3c(c(=O)n(CC(=O)[O-])c(=O)n3C)n2C1. The van der Waals surface area contributed by atoms with Crippen LogP contribution in [-0.2, 0) is 24.9 Å². The minimum atomic E-state index is -1.51. The van der Waals surface area contributed by atoms with Gasteiger partial charge in [-0.05, 0) is 30.2 Å². The number of aliphatic carboxylic acids is 1. The lowest BCUT2D eigenvalue weighted by atomic mass is 10.1. The summed E-state index contributed by atoms with van der Waals surface area (Å²) >= 11 is 5.99. The molecule has 2 aromatic heterocycles. The molecule has 0 fully saturated rings. The van der Waals surface area contributed by atoms with Crippen molar-refractivity contribution in [2.24, 2.45) is 13.0 Å². The van der Waals surface area contributed by atoms with Crippen LogP contribution in [0.5, 0.6) is 0 Å². The zero-order valence-corrected chi connectivity index (χ0v) is 16.0. The number of carboxylic acid groups (broad SMARTS) is 1. The van der Waals surface area contributed by atoms with Gasteiger partial charge in [0.25, 0.3) is 5.56 Å². The number of anilines is 2. The van der Waals surface area contributed by atoms with Gasteiger partial charge in [-0.25, -0.2) is 4.79 Å². The molecule has 0 radical (unpaired) electrons. The van der Waals surface area contributed by atoms with E-state index in [2.05, 4.69) is 4.98 Å². The van der Waals surface area contributed by atoms with Crippen LogP contribution in [0.3, 0.4) is 0 Å². The number of carboxylic acids is 1. The van der Waals surface area contributed by atoms with Crippen LogP contribution in [0.15, 0.2) is 33.9 Å². The standard InChI is InChI=1S/C18H18ClN5O4/c1-10-7-22(12-5-3-11(19)4-6-12)17-20-15-14(23(17)8-10)16(27)24(9-13(25)26)18(28)21(15)2/h3-6,10H,7-9H2,1-2H3,(H,25,26)/p-1. The van der Waals surface area contributed by atoms with E-state index in [0.717, 1.165) is 5.69 Å². The number of hydrogen-bond donors (Lipinski definition) is 0. The second-order valence-electron chi connectivity index (χ2n) is 6.99. The van der Waals surface area contributed by atoms with Gasteiger partial charge >= 0.3 is 5.69 Å². The molecule has 4 rings (SSSR count). The Labute approximate surface area is 164 Å². The molecule has 9 nitrogen and oxygen atoms in total. The molecule has 1 aliphatic rings. The van der Waals surface area contributed by atoms with Crippen molar-refractivity contribution in [1.82, 2.24) is 18.7 Å². The number of aryl methyl sites for hydroxylation is 1. The van der Waals surface area contributed by atoms with E-state index < -0.39 is 23.8 Å². The summed E-state index contributed by atoms with van der Waals surface area (Å²) in [5.74, 6) is -0.798. The van der Waals surface area contributed by atoms with Gasteiger partial charge < -0.3 is 19.4 Å². The Balaban J connectivity index is 2.00. The monoisotopic (exact) mass is 402 g/mol. The van der Waals surface area contributed by atoms with Gasteiger partial charge in [-0.3, -0.25) is 13.9 Å². The van der Waals surface area contributed by atoms with E-state index in [1.165, 1.54) is 11.6 Å². The number of nitrogens with zero attached hydrogens (tertiary/aromatic N) is 5. The van der Waals surface area contributed by atoms with Gasteiger partial charge in [0, 0.05) is 30.8 Å². The molecule has 1 unspecified atom stereocenters. The van der Waals surface area contributed by atoms with Gasteiger partial charge in [-0.1, -0.05) is 18.5 Å². The topological polar surface area (TPSA) is 105 Å². The average molecular weight is 403 g/mol. The maximum absolute atomic E-state index is 12.9. The summed E-state index contributed by atoms with van der Waals surface area (Å²) in [4.78, 5) is 42.9. The molecule has 0 spiro atoms. The third kappa shape index (κ3) is 2.78. The molecule has 1 aromatic carbocycles. The van der Waals surface area contributed by atoms with Crippen molar-refractivity contribution < 1.29 is 9.90 Å². The fourth-order valence-corrected chi connectivity index (χ4v) is 3.74. The first-order valence-electron chi connectivity index (χ1n) is 8.71. The van der Waals surface area contributed by atoms with Gasteiger partial charge in [0.2, 0.25) is 5.95 Å². The van der Waals surface area contributed by atoms with Crippen LogP contribution >= 0.6 is 11.6 Å². The molecule has 0 aliphatic carbocycles. The van der Waals surface area contributed by atoms with E-state index in [1.54, 1.807) is 16.7 Å². The third-order valence-electron chi connectivity index (χ3n) is 4.87. The number of benzene rings is 1. The normalized spacial score (nSPS) is 16.4. The van der Waals surface area contributed by atoms with E-state index in [4.69, 9.17) is 11.6 Å². The van der Waals surface area contributed by atoms with Crippen LogP contribution in [0, 0.1) is 5.92 Å². The maximum atomic E-state index is 12.9. The lowest BCUT2D eigenvalue weighted by molar-refractivity contribution is -0.306. The summed E-state index contributed by atoms with van der Waals surface area (Å²) in [6.45, 7) is 2.43. The summed E-state index contributed by atoms with van der Waals surface area (Å²) < 4.78 is 3.60. The highest BCUT2D eigenvalue weighted by Crippen LogP contribution is 2.33. The van der Waals surface area contributed by atoms with Crippen molar-refractivity contribution in [2.75, 3.05) is 11.4 Å². The minimum Gasteiger partial charge on any atom is -0.548 e. The van der Waals surface area contributed by atoms with Crippen molar-refractivity contribution in [3.05, 3.63) is 50.1 Å². The van der Waals surface area contributed by atoms with Gasteiger partial charge in [0.05, 0.1) is 12.5 Å². The molecule has 0 N–H and O–H groups in total. The zero-order chi connectivity index (χ0) is 20.2. The Morgan fingerprint density at radius 3 is 2.57 bits per heavy atom. The molecule has 1 atom stereocenters. The zero-order valence-electron chi connectivity index (χ0n) is 15.3. The van der Waals surface area contributed by atoms with E-state index in [9.17, 15) is 19.5 Å².